The number of amides is 2. The number of hydrogen-bond donors (Lipinski definition) is 3. The molecule has 0 bridgehead atoms. The minimum Gasteiger partial charge on any atom is -0.492 e. The molecule has 0 unspecified atom stereocenters. The Kier molecular flexibility index (Phi) is 4.92. The highest BCUT2D eigenvalue weighted by molar-refractivity contribution is 5.99. The van der Waals surface area contributed by atoms with Gasteiger partial charge in [-0.25, -0.2) is 9.97 Å². The monoisotopic (exact) mass is 440 g/mol. The maximum absolute atomic E-state index is 12.6. The number of ether oxygens (including phenoxy) is 1. The van der Waals surface area contributed by atoms with Gasteiger partial charge in [0.1, 0.15) is 6.33 Å². The molecular weight excluding hydrogens is 414 g/mol. The number of aryl methyl sites for hydroxylation is 1. The van der Waals surface area contributed by atoms with E-state index in [0.717, 1.165) is 12.8 Å². The minimum absolute atomic E-state index is 0.0559. The highest BCUT2D eigenvalue weighted by Gasteiger charge is 2.25. The number of rotatable bonds is 8. The molecule has 0 aliphatic heterocycles. The van der Waals surface area contributed by atoms with Gasteiger partial charge in [-0.15, -0.1) is 10.2 Å². The number of carbonyl (C=O) groups is 2. The summed E-state index contributed by atoms with van der Waals surface area (Å²) in [6.07, 6.45) is 5.40. The number of hydrogen-bond acceptors (Lipinski definition) is 9. The van der Waals surface area contributed by atoms with E-state index < -0.39 is 12.9 Å². The van der Waals surface area contributed by atoms with Crippen molar-refractivity contribution in [3.63, 3.8) is 0 Å². The van der Waals surface area contributed by atoms with Crippen LogP contribution >= 0.6 is 0 Å². The Morgan fingerprint density at radius 2 is 2.16 bits per heavy atom. The largest absolute Gasteiger partial charge is 0.492 e. The van der Waals surface area contributed by atoms with Gasteiger partial charge in [0, 0.05) is 36.8 Å². The van der Waals surface area contributed by atoms with Crippen molar-refractivity contribution < 1.29 is 18.4 Å². The van der Waals surface area contributed by atoms with E-state index in [4.69, 9.17) is 8.85 Å². The van der Waals surface area contributed by atoms with E-state index in [2.05, 4.69) is 35.9 Å². The first-order valence-electron chi connectivity index (χ1n) is 11.3. The maximum Gasteiger partial charge on any atom is 0.273 e. The lowest BCUT2D eigenvalue weighted by atomic mass is 10.2. The molecule has 3 aromatic rings. The Morgan fingerprint density at radius 1 is 1.31 bits per heavy atom. The van der Waals surface area contributed by atoms with Crippen molar-refractivity contribution in [3.8, 4) is 17.1 Å². The van der Waals surface area contributed by atoms with Crippen LogP contribution in [0.5, 0.6) is 5.75 Å². The van der Waals surface area contributed by atoms with E-state index >= 15 is 0 Å². The molecule has 3 heterocycles. The predicted molar refractivity (Wildman–Crippen MR) is 115 cm³/mol. The van der Waals surface area contributed by atoms with Gasteiger partial charge in [-0.3, -0.25) is 14.3 Å². The molecule has 0 atom stereocenters. The average Bonchev–Trinajstić information content (AvgIpc) is 3.48. The van der Waals surface area contributed by atoms with Crippen molar-refractivity contribution in [1.29, 1.82) is 0 Å². The summed E-state index contributed by atoms with van der Waals surface area (Å²) in [5, 5.41) is 19.5. The fourth-order valence-electron chi connectivity index (χ4n) is 3.06. The third-order valence-electron chi connectivity index (χ3n) is 4.76. The van der Waals surface area contributed by atoms with Gasteiger partial charge in [0.05, 0.1) is 18.4 Å². The lowest BCUT2D eigenvalue weighted by Gasteiger charge is -2.15. The van der Waals surface area contributed by atoms with Crippen molar-refractivity contribution in [3.05, 3.63) is 30.4 Å². The molecule has 0 radical (unpaired) electrons. The van der Waals surface area contributed by atoms with Crippen LogP contribution in [0.3, 0.4) is 0 Å². The zero-order valence-electron chi connectivity index (χ0n) is 20.4. The quantitative estimate of drug-likeness (QED) is 0.474. The van der Waals surface area contributed by atoms with Gasteiger partial charge in [-0.2, -0.15) is 5.10 Å². The summed E-state index contributed by atoms with van der Waals surface area (Å²) in [6, 6.07) is 3.04. The van der Waals surface area contributed by atoms with Gasteiger partial charge in [-0.1, -0.05) is 0 Å². The van der Waals surface area contributed by atoms with Crippen molar-refractivity contribution in [1.82, 2.24) is 35.3 Å². The van der Waals surface area contributed by atoms with Crippen LogP contribution < -0.4 is 20.7 Å². The molecule has 32 heavy (non-hydrogen) atoms. The van der Waals surface area contributed by atoms with Crippen LogP contribution in [0.25, 0.3) is 11.4 Å². The second-order valence-electron chi connectivity index (χ2n) is 7.25. The smallest absolute Gasteiger partial charge is 0.273 e. The van der Waals surface area contributed by atoms with E-state index in [1.54, 1.807) is 13.1 Å². The number of aromatic nitrogens is 6. The Hall–Kier alpha value is -4.09. The molecule has 1 aliphatic rings. The molecule has 12 nitrogen and oxygen atoms in total. The summed E-state index contributed by atoms with van der Waals surface area (Å²) in [4.78, 5) is 33.4. The van der Waals surface area contributed by atoms with Gasteiger partial charge in [0.2, 0.25) is 5.91 Å². The van der Waals surface area contributed by atoms with E-state index in [0.29, 0.717) is 23.7 Å². The molecular formula is C20H23N9O3. The Balaban J connectivity index is 1.70. The summed E-state index contributed by atoms with van der Waals surface area (Å²) in [5.74, 6) is 0.0758. The number of anilines is 3. The molecule has 3 aromatic heterocycles. The molecule has 2 amide bonds. The predicted octanol–water partition coefficient (Wildman–Crippen LogP) is 1.52. The maximum atomic E-state index is 12.6. The fourth-order valence-corrected chi connectivity index (χ4v) is 3.06. The minimum atomic E-state index is -2.74. The van der Waals surface area contributed by atoms with Gasteiger partial charge in [-0.05, 0) is 24.8 Å². The van der Waals surface area contributed by atoms with Crippen LogP contribution in [0.2, 0.25) is 0 Å². The highest BCUT2D eigenvalue weighted by Crippen LogP contribution is 2.35. The zero-order valence-corrected chi connectivity index (χ0v) is 17.4. The Morgan fingerprint density at radius 3 is 2.84 bits per heavy atom. The molecule has 0 spiro atoms. The second-order valence-corrected chi connectivity index (χ2v) is 7.25. The molecule has 3 N–H and O–H groups in total. The Bertz CT molecular complexity index is 1260. The van der Waals surface area contributed by atoms with E-state index in [1.165, 1.54) is 30.4 Å². The molecule has 0 aromatic carbocycles. The molecule has 1 fully saturated rings. The lowest BCUT2D eigenvalue weighted by Crippen LogP contribution is -2.22. The van der Waals surface area contributed by atoms with Crippen molar-refractivity contribution >= 4 is 29.1 Å². The lowest BCUT2D eigenvalue weighted by molar-refractivity contribution is -0.116. The standard InChI is InChI=1S/C20H23N9O3/c1-21-20(31)16-13(9-14(26-27-16)25-15(30)8-11-4-5-11)24-19-17(32-3)12(6-7-22-19)18-23-10-29(2)28-18/h6-7,9-11H,4-5,8H2,1-3H3,(H,21,31)(H2,22,24,25,26,30)/i1D3. The van der Waals surface area contributed by atoms with E-state index in [-0.39, 0.29) is 34.7 Å². The second kappa shape index (κ2) is 8.96. The number of nitrogens with one attached hydrogen (secondary N) is 3. The van der Waals surface area contributed by atoms with E-state index in [9.17, 15) is 9.59 Å². The van der Waals surface area contributed by atoms with Gasteiger partial charge < -0.3 is 20.7 Å². The molecule has 1 saturated carbocycles. The summed E-state index contributed by atoms with van der Waals surface area (Å²) >= 11 is 0. The van der Waals surface area contributed by atoms with Gasteiger partial charge in [0.25, 0.3) is 5.91 Å². The third kappa shape index (κ3) is 4.63. The summed E-state index contributed by atoms with van der Waals surface area (Å²) < 4.78 is 29.0. The number of nitrogens with zero attached hydrogens (tertiary/aromatic N) is 6. The molecule has 166 valence electrons. The van der Waals surface area contributed by atoms with Crippen LogP contribution in [0.15, 0.2) is 24.7 Å². The molecule has 1 aliphatic carbocycles. The van der Waals surface area contributed by atoms with Crippen LogP contribution in [0.1, 0.15) is 33.9 Å². The van der Waals surface area contributed by atoms with Gasteiger partial charge >= 0.3 is 0 Å². The van der Waals surface area contributed by atoms with Crippen LogP contribution in [-0.4, -0.2) is 55.8 Å². The SMILES string of the molecule is [2H]C([2H])([2H])NC(=O)c1nnc(NC(=O)CC2CC2)cc1Nc1nccc(-c2ncn(C)n2)c1OC. The first-order valence-corrected chi connectivity index (χ1v) is 9.79. The number of methoxy groups -OCH3 is 1. The molecule has 12 heteroatoms. The number of carbonyl (C=O) groups excluding carboxylic acids is 2. The van der Waals surface area contributed by atoms with Crippen LogP contribution in [0.4, 0.5) is 17.3 Å². The summed E-state index contributed by atoms with van der Waals surface area (Å²) in [6.45, 7) is -2.74. The van der Waals surface area contributed by atoms with Crippen molar-refractivity contribution in [2.75, 3.05) is 24.7 Å². The Labute approximate surface area is 188 Å². The van der Waals surface area contributed by atoms with Crippen LogP contribution in [0, 0.1) is 5.92 Å². The molecule has 4 rings (SSSR count). The average molecular weight is 440 g/mol. The first-order chi connectivity index (χ1) is 16.6. The highest BCUT2D eigenvalue weighted by atomic mass is 16.5. The summed E-state index contributed by atoms with van der Waals surface area (Å²) in [5.41, 5.74) is 0.269. The van der Waals surface area contributed by atoms with Crippen molar-refractivity contribution in [2.24, 2.45) is 13.0 Å². The normalized spacial score (nSPS) is 14.6. The third-order valence-corrected chi connectivity index (χ3v) is 4.76. The number of pyridine rings is 1. The summed E-state index contributed by atoms with van der Waals surface area (Å²) in [7, 11) is 3.16. The zero-order chi connectivity index (χ0) is 25.2. The molecule has 0 saturated heterocycles. The fraction of sp³-hybridized carbons (Fsp3) is 0.350. The van der Waals surface area contributed by atoms with Gasteiger partial charge in [0.15, 0.2) is 28.9 Å². The van der Waals surface area contributed by atoms with E-state index in [1.807, 2.05) is 5.32 Å². The first kappa shape index (κ1) is 17.6. The topological polar surface area (TPSA) is 149 Å². The van der Waals surface area contributed by atoms with Crippen LogP contribution in [-0.2, 0) is 11.8 Å². The van der Waals surface area contributed by atoms with Crippen molar-refractivity contribution in [2.45, 2.75) is 19.3 Å².